The summed E-state index contributed by atoms with van der Waals surface area (Å²) in [5.74, 6) is 1.59. The highest BCUT2D eigenvalue weighted by Gasteiger charge is 2.06. The van der Waals surface area contributed by atoms with Crippen LogP contribution in [0.25, 0.3) is 23.1 Å². The molecule has 0 fully saturated rings. The SMILES string of the molecule is CNCCNc1nc(/C=C/c2ccc(C)cc2)nc2ccc(C)cc12. The molecule has 0 saturated heterocycles. The Labute approximate surface area is 149 Å². The molecule has 0 unspecified atom stereocenters. The standard InChI is InChI=1S/C21H24N4/c1-15-4-7-17(8-5-15)9-11-20-24-19-10-6-16(2)14-18(19)21(25-20)23-13-12-22-3/h4-11,14,22H,12-13H2,1-3H3,(H,23,24,25)/b11-9+. The molecule has 2 N–H and O–H groups in total. The predicted molar refractivity (Wildman–Crippen MR) is 107 cm³/mol. The van der Waals surface area contributed by atoms with Gasteiger partial charge in [0.25, 0.3) is 0 Å². The fraction of sp³-hybridized carbons (Fsp3) is 0.238. The van der Waals surface area contributed by atoms with Crippen molar-refractivity contribution in [2.75, 3.05) is 25.5 Å². The number of likely N-dealkylation sites (N-methyl/N-ethyl adjacent to an activating group) is 1. The van der Waals surface area contributed by atoms with E-state index in [1.165, 1.54) is 11.1 Å². The van der Waals surface area contributed by atoms with Gasteiger partial charge in [-0.25, -0.2) is 9.97 Å². The molecule has 0 aliphatic heterocycles. The summed E-state index contributed by atoms with van der Waals surface area (Å²) in [4.78, 5) is 9.39. The molecule has 0 saturated carbocycles. The number of anilines is 1. The minimum absolute atomic E-state index is 0.712. The van der Waals surface area contributed by atoms with Crippen LogP contribution in [0.2, 0.25) is 0 Å². The van der Waals surface area contributed by atoms with E-state index < -0.39 is 0 Å². The van der Waals surface area contributed by atoms with Crippen LogP contribution < -0.4 is 10.6 Å². The molecule has 3 rings (SSSR count). The summed E-state index contributed by atoms with van der Waals surface area (Å²) in [5.41, 5.74) is 4.56. The number of fused-ring (bicyclic) bond motifs is 1. The Morgan fingerprint density at radius 3 is 2.40 bits per heavy atom. The summed E-state index contributed by atoms with van der Waals surface area (Å²) in [6, 6.07) is 14.7. The number of nitrogens with one attached hydrogen (secondary N) is 2. The van der Waals surface area contributed by atoms with Crippen LogP contribution in [0.4, 0.5) is 5.82 Å². The number of benzene rings is 2. The van der Waals surface area contributed by atoms with Crippen molar-refractivity contribution in [3.8, 4) is 0 Å². The maximum absolute atomic E-state index is 4.71. The van der Waals surface area contributed by atoms with Gasteiger partial charge in [-0.15, -0.1) is 0 Å². The maximum atomic E-state index is 4.71. The molecule has 0 aliphatic carbocycles. The van der Waals surface area contributed by atoms with E-state index in [9.17, 15) is 0 Å². The largest absolute Gasteiger partial charge is 0.368 e. The summed E-state index contributed by atoms with van der Waals surface area (Å²) in [5, 5.41) is 7.62. The molecule has 0 aliphatic rings. The Kier molecular flexibility index (Phi) is 5.41. The highest BCUT2D eigenvalue weighted by Crippen LogP contribution is 2.22. The monoisotopic (exact) mass is 332 g/mol. The second-order valence-corrected chi connectivity index (χ2v) is 6.23. The number of nitrogens with zero attached hydrogens (tertiary/aromatic N) is 2. The molecule has 0 bridgehead atoms. The Morgan fingerprint density at radius 1 is 0.880 bits per heavy atom. The van der Waals surface area contributed by atoms with Gasteiger partial charge in [-0.2, -0.15) is 0 Å². The highest BCUT2D eigenvalue weighted by molar-refractivity contribution is 5.90. The molecule has 1 aromatic heterocycles. The van der Waals surface area contributed by atoms with Gasteiger partial charge >= 0.3 is 0 Å². The van der Waals surface area contributed by atoms with Gasteiger partial charge in [0, 0.05) is 18.5 Å². The van der Waals surface area contributed by atoms with Crippen molar-refractivity contribution in [3.63, 3.8) is 0 Å². The molecule has 128 valence electrons. The minimum Gasteiger partial charge on any atom is -0.368 e. The molecule has 0 amide bonds. The molecule has 3 aromatic rings. The van der Waals surface area contributed by atoms with Gasteiger partial charge in [-0.3, -0.25) is 0 Å². The third-order valence-electron chi connectivity index (χ3n) is 4.04. The summed E-state index contributed by atoms with van der Waals surface area (Å²) < 4.78 is 0. The lowest BCUT2D eigenvalue weighted by atomic mass is 10.1. The van der Waals surface area contributed by atoms with Crippen molar-refractivity contribution in [2.45, 2.75) is 13.8 Å². The van der Waals surface area contributed by atoms with Crippen molar-refractivity contribution < 1.29 is 0 Å². The molecule has 1 heterocycles. The van der Waals surface area contributed by atoms with Crippen LogP contribution in [0.5, 0.6) is 0 Å². The summed E-state index contributed by atoms with van der Waals surface area (Å²) in [7, 11) is 1.94. The van der Waals surface area contributed by atoms with Gasteiger partial charge in [-0.1, -0.05) is 47.5 Å². The minimum atomic E-state index is 0.712. The fourth-order valence-electron chi connectivity index (χ4n) is 2.62. The zero-order valence-electron chi connectivity index (χ0n) is 15.0. The zero-order valence-corrected chi connectivity index (χ0v) is 15.0. The van der Waals surface area contributed by atoms with E-state index in [0.717, 1.165) is 35.4 Å². The van der Waals surface area contributed by atoms with Crippen molar-refractivity contribution in [2.24, 2.45) is 0 Å². The molecule has 4 heteroatoms. The molecular weight excluding hydrogens is 308 g/mol. The summed E-state index contributed by atoms with van der Waals surface area (Å²) >= 11 is 0. The number of aromatic nitrogens is 2. The average Bonchev–Trinajstić information content (AvgIpc) is 2.62. The third kappa shape index (κ3) is 4.43. The maximum Gasteiger partial charge on any atom is 0.154 e. The van der Waals surface area contributed by atoms with Crippen LogP contribution in [-0.4, -0.2) is 30.1 Å². The van der Waals surface area contributed by atoms with Crippen LogP contribution in [-0.2, 0) is 0 Å². The molecule has 4 nitrogen and oxygen atoms in total. The molecule has 25 heavy (non-hydrogen) atoms. The van der Waals surface area contributed by atoms with Gasteiger partial charge in [0.2, 0.25) is 0 Å². The number of aryl methyl sites for hydroxylation is 2. The van der Waals surface area contributed by atoms with E-state index in [1.54, 1.807) is 0 Å². The molecule has 0 atom stereocenters. The van der Waals surface area contributed by atoms with E-state index in [0.29, 0.717) is 5.82 Å². The van der Waals surface area contributed by atoms with E-state index in [-0.39, 0.29) is 0 Å². The Balaban J connectivity index is 1.94. The van der Waals surface area contributed by atoms with Crippen molar-refractivity contribution in [1.82, 2.24) is 15.3 Å². The Bertz CT molecular complexity index is 882. The lowest BCUT2D eigenvalue weighted by Crippen LogP contribution is -2.18. The average molecular weight is 332 g/mol. The Morgan fingerprint density at radius 2 is 1.64 bits per heavy atom. The fourth-order valence-corrected chi connectivity index (χ4v) is 2.62. The molecular formula is C21H24N4. The van der Waals surface area contributed by atoms with Crippen LogP contribution in [0, 0.1) is 13.8 Å². The Hall–Kier alpha value is -2.72. The van der Waals surface area contributed by atoms with E-state index in [1.807, 2.05) is 19.2 Å². The van der Waals surface area contributed by atoms with E-state index in [2.05, 4.69) is 71.9 Å². The van der Waals surface area contributed by atoms with Gasteiger partial charge in [-0.05, 0) is 44.7 Å². The predicted octanol–water partition coefficient (Wildman–Crippen LogP) is 4.05. The van der Waals surface area contributed by atoms with Gasteiger partial charge in [0.05, 0.1) is 5.52 Å². The number of hydrogen-bond donors (Lipinski definition) is 2. The second-order valence-electron chi connectivity index (χ2n) is 6.23. The molecule has 2 aromatic carbocycles. The van der Waals surface area contributed by atoms with E-state index in [4.69, 9.17) is 4.98 Å². The quantitative estimate of drug-likeness (QED) is 0.669. The first kappa shape index (κ1) is 17.1. The normalized spacial score (nSPS) is 11.3. The first-order valence-electron chi connectivity index (χ1n) is 8.57. The first-order chi connectivity index (χ1) is 12.2. The molecule has 0 radical (unpaired) electrons. The van der Waals surface area contributed by atoms with Crippen molar-refractivity contribution in [3.05, 3.63) is 65.0 Å². The number of rotatable bonds is 6. The number of hydrogen-bond acceptors (Lipinski definition) is 4. The topological polar surface area (TPSA) is 49.8 Å². The third-order valence-corrected chi connectivity index (χ3v) is 4.04. The lowest BCUT2D eigenvalue weighted by Gasteiger charge is -2.10. The van der Waals surface area contributed by atoms with Gasteiger partial charge in [0.1, 0.15) is 5.82 Å². The highest BCUT2D eigenvalue weighted by atomic mass is 15.0. The van der Waals surface area contributed by atoms with Gasteiger partial charge in [0.15, 0.2) is 5.82 Å². The van der Waals surface area contributed by atoms with Gasteiger partial charge < -0.3 is 10.6 Å². The lowest BCUT2D eigenvalue weighted by molar-refractivity contribution is 0.821. The van der Waals surface area contributed by atoms with Crippen molar-refractivity contribution in [1.29, 1.82) is 0 Å². The van der Waals surface area contributed by atoms with Crippen molar-refractivity contribution >= 4 is 28.9 Å². The molecule has 0 spiro atoms. The first-order valence-corrected chi connectivity index (χ1v) is 8.57. The summed E-state index contributed by atoms with van der Waals surface area (Å²) in [6.07, 6.45) is 4.01. The van der Waals surface area contributed by atoms with Crippen LogP contribution in [0.15, 0.2) is 42.5 Å². The second kappa shape index (κ2) is 7.90. The van der Waals surface area contributed by atoms with E-state index >= 15 is 0 Å². The smallest absolute Gasteiger partial charge is 0.154 e. The van der Waals surface area contributed by atoms with Crippen LogP contribution in [0.1, 0.15) is 22.5 Å². The zero-order chi connectivity index (χ0) is 17.6. The summed E-state index contributed by atoms with van der Waals surface area (Å²) in [6.45, 7) is 5.87. The van der Waals surface area contributed by atoms with Crippen LogP contribution >= 0.6 is 0 Å². The van der Waals surface area contributed by atoms with Crippen LogP contribution in [0.3, 0.4) is 0 Å².